The Hall–Kier alpha value is -3.92. The first kappa shape index (κ1) is 14.2. The first-order valence-corrected chi connectivity index (χ1v) is 9.27. The topological polar surface area (TPSA) is 43.3 Å². The van der Waals surface area contributed by atoms with Crippen LogP contribution in [0.15, 0.2) is 83.4 Å². The molecule has 4 heterocycles. The molecular formula is C24H13N3O. The molecule has 0 amide bonds. The molecule has 7 aromatic rings. The van der Waals surface area contributed by atoms with Crippen LogP contribution >= 0.6 is 0 Å². The number of pyridine rings is 2. The van der Waals surface area contributed by atoms with Crippen molar-refractivity contribution in [3.05, 3.63) is 79.0 Å². The maximum Gasteiger partial charge on any atom is 0.147 e. The zero-order valence-corrected chi connectivity index (χ0v) is 14.8. The molecule has 3 aromatic carbocycles. The maximum absolute atomic E-state index is 6.14. The lowest BCUT2D eigenvalue weighted by Gasteiger charge is -2.08. The summed E-state index contributed by atoms with van der Waals surface area (Å²) in [7, 11) is 0. The highest BCUT2D eigenvalue weighted by atomic mass is 16.3. The Balaban J connectivity index is 1.85. The number of imidazole rings is 1. The molecule has 0 saturated heterocycles. The van der Waals surface area contributed by atoms with Crippen molar-refractivity contribution >= 4 is 60.4 Å². The number of fused-ring (bicyclic) bond motifs is 11. The van der Waals surface area contributed by atoms with E-state index in [1.54, 1.807) is 0 Å². The molecule has 4 aromatic heterocycles. The quantitative estimate of drug-likeness (QED) is 0.308. The van der Waals surface area contributed by atoms with Crippen molar-refractivity contribution in [3.8, 4) is 0 Å². The summed E-state index contributed by atoms with van der Waals surface area (Å²) in [5, 5.41) is 4.34. The van der Waals surface area contributed by atoms with Gasteiger partial charge in [-0.25, -0.2) is 4.98 Å². The van der Waals surface area contributed by atoms with Crippen molar-refractivity contribution in [2.75, 3.05) is 0 Å². The average Bonchev–Trinajstić information content (AvgIpc) is 3.31. The van der Waals surface area contributed by atoms with E-state index in [0.717, 1.165) is 60.4 Å². The summed E-state index contributed by atoms with van der Waals surface area (Å²) >= 11 is 0. The minimum absolute atomic E-state index is 0.879. The summed E-state index contributed by atoms with van der Waals surface area (Å²) in [5.74, 6) is 0. The number of hydrogen-bond acceptors (Lipinski definition) is 3. The number of furan rings is 1. The van der Waals surface area contributed by atoms with E-state index in [0.29, 0.717) is 0 Å². The van der Waals surface area contributed by atoms with Gasteiger partial charge in [-0.05, 0) is 42.5 Å². The average molecular weight is 359 g/mol. The number of nitrogens with zero attached hydrogens (tertiary/aromatic N) is 3. The minimum Gasteiger partial charge on any atom is -0.456 e. The predicted molar refractivity (Wildman–Crippen MR) is 113 cm³/mol. The van der Waals surface area contributed by atoms with Crippen LogP contribution in [0.4, 0.5) is 0 Å². The van der Waals surface area contributed by atoms with Crippen molar-refractivity contribution in [2.24, 2.45) is 0 Å². The standard InChI is InChI=1S/C24H13N3O/c1-4-10-21-14(6-1)16-12-20-17(13-22(16)28-21)23-15(7-5-11-25-23)24-26-18-8-2-3-9-19(18)27(20)24/h1-13H. The zero-order chi connectivity index (χ0) is 18.2. The van der Waals surface area contributed by atoms with Gasteiger partial charge in [-0.2, -0.15) is 0 Å². The molecule has 130 valence electrons. The molecule has 0 aliphatic heterocycles. The molecule has 0 saturated carbocycles. The van der Waals surface area contributed by atoms with Gasteiger partial charge in [0.15, 0.2) is 0 Å². The Kier molecular flexibility index (Phi) is 2.46. The fraction of sp³-hybridized carbons (Fsp3) is 0. The van der Waals surface area contributed by atoms with Gasteiger partial charge in [-0.3, -0.25) is 9.38 Å². The SMILES string of the molecule is c1ccc2c(c1)nc1c3cccnc3c3cc4oc5ccccc5c4cc3n21. The van der Waals surface area contributed by atoms with Gasteiger partial charge < -0.3 is 4.42 Å². The van der Waals surface area contributed by atoms with E-state index in [1.807, 2.05) is 36.5 Å². The van der Waals surface area contributed by atoms with Crippen LogP contribution in [0.2, 0.25) is 0 Å². The largest absolute Gasteiger partial charge is 0.456 e. The van der Waals surface area contributed by atoms with Crippen LogP contribution in [-0.2, 0) is 0 Å². The molecule has 0 spiro atoms. The molecule has 4 nitrogen and oxygen atoms in total. The van der Waals surface area contributed by atoms with E-state index < -0.39 is 0 Å². The molecule has 0 aliphatic rings. The molecular weight excluding hydrogens is 346 g/mol. The molecule has 7 rings (SSSR count). The lowest BCUT2D eigenvalue weighted by Crippen LogP contribution is -1.92. The molecule has 0 atom stereocenters. The first-order valence-electron chi connectivity index (χ1n) is 9.27. The van der Waals surface area contributed by atoms with Gasteiger partial charge in [0.1, 0.15) is 16.8 Å². The van der Waals surface area contributed by atoms with Gasteiger partial charge in [0, 0.05) is 27.7 Å². The van der Waals surface area contributed by atoms with Gasteiger partial charge in [0.25, 0.3) is 0 Å². The Morgan fingerprint density at radius 1 is 0.679 bits per heavy atom. The van der Waals surface area contributed by atoms with Crippen molar-refractivity contribution in [3.63, 3.8) is 0 Å². The molecule has 0 fully saturated rings. The highest BCUT2D eigenvalue weighted by molar-refractivity contribution is 6.17. The fourth-order valence-corrected chi connectivity index (χ4v) is 4.39. The van der Waals surface area contributed by atoms with Gasteiger partial charge in [-0.1, -0.05) is 30.3 Å². The van der Waals surface area contributed by atoms with Crippen molar-refractivity contribution in [2.45, 2.75) is 0 Å². The summed E-state index contributed by atoms with van der Waals surface area (Å²) in [6, 6.07) is 24.8. The van der Waals surface area contributed by atoms with Gasteiger partial charge in [-0.15, -0.1) is 0 Å². The molecule has 0 bridgehead atoms. The zero-order valence-electron chi connectivity index (χ0n) is 14.8. The van der Waals surface area contributed by atoms with Crippen molar-refractivity contribution in [1.82, 2.24) is 14.4 Å². The molecule has 0 aliphatic carbocycles. The third kappa shape index (κ3) is 1.65. The van der Waals surface area contributed by atoms with E-state index in [2.05, 4.69) is 46.9 Å². The fourth-order valence-electron chi connectivity index (χ4n) is 4.39. The predicted octanol–water partition coefficient (Wildman–Crippen LogP) is 6.09. The van der Waals surface area contributed by atoms with Crippen LogP contribution in [0.25, 0.3) is 60.4 Å². The number of aromatic nitrogens is 3. The van der Waals surface area contributed by atoms with Crippen LogP contribution in [0.3, 0.4) is 0 Å². The molecule has 4 heteroatoms. The third-order valence-electron chi connectivity index (χ3n) is 5.60. The summed E-state index contributed by atoms with van der Waals surface area (Å²) in [4.78, 5) is 9.62. The molecule has 0 unspecified atom stereocenters. The molecule has 28 heavy (non-hydrogen) atoms. The monoisotopic (exact) mass is 359 g/mol. The van der Waals surface area contributed by atoms with Gasteiger partial charge >= 0.3 is 0 Å². The Morgan fingerprint density at radius 2 is 1.54 bits per heavy atom. The highest BCUT2D eigenvalue weighted by Gasteiger charge is 2.16. The molecule has 0 radical (unpaired) electrons. The third-order valence-corrected chi connectivity index (χ3v) is 5.60. The van der Waals surface area contributed by atoms with E-state index in [-0.39, 0.29) is 0 Å². The number of rotatable bonds is 0. The van der Waals surface area contributed by atoms with Crippen molar-refractivity contribution in [1.29, 1.82) is 0 Å². The molecule has 0 N–H and O–H groups in total. The Morgan fingerprint density at radius 3 is 2.54 bits per heavy atom. The van der Waals surface area contributed by atoms with E-state index in [4.69, 9.17) is 14.4 Å². The smallest absolute Gasteiger partial charge is 0.147 e. The minimum atomic E-state index is 0.879. The van der Waals surface area contributed by atoms with Crippen LogP contribution in [0.5, 0.6) is 0 Å². The van der Waals surface area contributed by atoms with Crippen LogP contribution in [0.1, 0.15) is 0 Å². The Bertz CT molecular complexity index is 1720. The Labute approximate surface area is 158 Å². The second-order valence-electron chi connectivity index (χ2n) is 7.12. The number of hydrogen-bond donors (Lipinski definition) is 0. The number of benzene rings is 3. The second-order valence-corrected chi connectivity index (χ2v) is 7.12. The van der Waals surface area contributed by atoms with Crippen molar-refractivity contribution < 1.29 is 4.42 Å². The first-order chi connectivity index (χ1) is 13.9. The maximum atomic E-state index is 6.14. The van der Waals surface area contributed by atoms with Gasteiger partial charge in [0.2, 0.25) is 0 Å². The highest BCUT2D eigenvalue weighted by Crippen LogP contribution is 2.36. The van der Waals surface area contributed by atoms with Gasteiger partial charge in [0.05, 0.1) is 22.1 Å². The van der Waals surface area contributed by atoms with Crippen LogP contribution in [-0.4, -0.2) is 14.4 Å². The van der Waals surface area contributed by atoms with Crippen LogP contribution < -0.4 is 0 Å². The summed E-state index contributed by atoms with van der Waals surface area (Å²) in [5.41, 5.74) is 6.83. The number of para-hydroxylation sites is 3. The summed E-state index contributed by atoms with van der Waals surface area (Å²) < 4.78 is 8.38. The van der Waals surface area contributed by atoms with Crippen LogP contribution in [0, 0.1) is 0 Å². The van der Waals surface area contributed by atoms with E-state index >= 15 is 0 Å². The summed E-state index contributed by atoms with van der Waals surface area (Å²) in [6.45, 7) is 0. The lowest BCUT2D eigenvalue weighted by atomic mass is 10.1. The van der Waals surface area contributed by atoms with E-state index in [9.17, 15) is 0 Å². The lowest BCUT2D eigenvalue weighted by molar-refractivity contribution is 0.669. The van der Waals surface area contributed by atoms with E-state index in [1.165, 1.54) is 0 Å². The normalized spacial score (nSPS) is 12.3. The summed E-state index contributed by atoms with van der Waals surface area (Å²) in [6.07, 6.45) is 1.84. The second kappa shape index (κ2) is 4.87.